The van der Waals surface area contributed by atoms with Crippen molar-refractivity contribution in [2.75, 3.05) is 65.9 Å². The van der Waals surface area contributed by atoms with Crippen molar-refractivity contribution >= 4 is 0 Å². The molecule has 0 radical (unpaired) electrons. The van der Waals surface area contributed by atoms with E-state index in [9.17, 15) is 0 Å². The van der Waals surface area contributed by atoms with Crippen LogP contribution in [0.2, 0.25) is 0 Å². The molecule has 8 fully saturated rings. The Kier molecular flexibility index (Phi) is 4.97. The van der Waals surface area contributed by atoms with E-state index in [-0.39, 0.29) is 11.2 Å². The van der Waals surface area contributed by atoms with Gasteiger partial charge >= 0.3 is 0 Å². The molecule has 0 aromatic carbocycles. The van der Waals surface area contributed by atoms with Crippen LogP contribution in [0.3, 0.4) is 0 Å². The van der Waals surface area contributed by atoms with Gasteiger partial charge in [0, 0.05) is 26.3 Å². The highest BCUT2D eigenvalue weighted by atomic mass is 16.5. The molecule has 4 bridgehead atoms. The van der Waals surface area contributed by atoms with Crippen LogP contribution < -0.4 is 5.32 Å². The quantitative estimate of drug-likeness (QED) is 0.632. The summed E-state index contributed by atoms with van der Waals surface area (Å²) in [5, 5.41) is 3.35. The van der Waals surface area contributed by atoms with Gasteiger partial charge in [-0.3, -0.25) is 0 Å². The van der Waals surface area contributed by atoms with Crippen LogP contribution in [0.25, 0.3) is 0 Å². The molecule has 10 unspecified atom stereocenters. The molecule has 5 aliphatic carbocycles. The topological polar surface area (TPSA) is 58.2 Å². The van der Waals surface area contributed by atoms with E-state index in [0.29, 0.717) is 26.4 Å². The van der Waals surface area contributed by atoms with Crippen LogP contribution in [-0.2, 0) is 23.7 Å². The SMILES string of the molecule is C1COCCOCCNCCOCCOCCCC23OC4(C1)C1C5CC(C6C5C4C62)C13. The zero-order chi connectivity index (χ0) is 20.5. The number of rotatable bonds is 0. The standard InChI is InChI=1S/C25H39NO5/c1-3-24-20-16-15-17-19-18(16)22(24)23(19)25(31-24,21(17)20)4-2-8-28-12-14-30-10-6-26-5-9-29-13-11-27-7-1/h16-23,26H,1-15H2. The van der Waals surface area contributed by atoms with E-state index >= 15 is 0 Å². The van der Waals surface area contributed by atoms with Crippen LogP contribution in [0, 0.1) is 47.3 Å². The van der Waals surface area contributed by atoms with Crippen LogP contribution in [0.5, 0.6) is 0 Å². The lowest BCUT2D eigenvalue weighted by Crippen LogP contribution is -2.51. The molecule has 0 aromatic heterocycles. The first kappa shape index (κ1) is 20.2. The first-order chi connectivity index (χ1) is 15.4. The summed E-state index contributed by atoms with van der Waals surface area (Å²) >= 11 is 0. The molecule has 2 spiro atoms. The van der Waals surface area contributed by atoms with Gasteiger partial charge < -0.3 is 29.0 Å². The lowest BCUT2D eigenvalue weighted by atomic mass is 9.53. The van der Waals surface area contributed by atoms with Gasteiger partial charge in [-0.25, -0.2) is 0 Å². The summed E-state index contributed by atoms with van der Waals surface area (Å²) in [5.41, 5.74) is 0.424. The summed E-state index contributed by atoms with van der Waals surface area (Å²) in [6.07, 6.45) is 6.26. The summed E-state index contributed by atoms with van der Waals surface area (Å²) in [7, 11) is 0. The van der Waals surface area contributed by atoms with E-state index in [4.69, 9.17) is 23.7 Å². The van der Waals surface area contributed by atoms with Crippen molar-refractivity contribution in [2.45, 2.75) is 43.3 Å². The minimum absolute atomic E-state index is 0.212. The first-order valence-electron chi connectivity index (χ1n) is 13.1. The normalized spacial score (nSPS) is 56.5. The maximum absolute atomic E-state index is 7.29. The average molecular weight is 434 g/mol. The molecule has 8 rings (SSSR count). The molecule has 8 aliphatic rings. The predicted molar refractivity (Wildman–Crippen MR) is 114 cm³/mol. The van der Waals surface area contributed by atoms with E-state index in [1.165, 1.54) is 19.3 Å². The molecule has 6 heteroatoms. The van der Waals surface area contributed by atoms with Gasteiger partial charge in [0.1, 0.15) is 0 Å². The molecule has 6 nitrogen and oxygen atoms in total. The molecule has 3 heterocycles. The molecule has 1 N–H and O–H groups in total. The van der Waals surface area contributed by atoms with Gasteiger partial charge in [0.2, 0.25) is 0 Å². The van der Waals surface area contributed by atoms with Crippen LogP contribution in [0.4, 0.5) is 0 Å². The van der Waals surface area contributed by atoms with Crippen LogP contribution in [0.1, 0.15) is 32.1 Å². The summed E-state index contributed by atoms with van der Waals surface area (Å²) in [5.74, 6) is 7.53. The van der Waals surface area contributed by atoms with Gasteiger partial charge in [-0.15, -0.1) is 0 Å². The van der Waals surface area contributed by atoms with Crippen molar-refractivity contribution in [1.29, 1.82) is 0 Å². The number of hydrogen-bond acceptors (Lipinski definition) is 6. The molecular formula is C25H39NO5. The third-order valence-electron chi connectivity index (χ3n) is 10.4. The highest BCUT2D eigenvalue weighted by molar-refractivity contribution is 5.43. The Morgan fingerprint density at radius 1 is 0.548 bits per heavy atom. The van der Waals surface area contributed by atoms with Crippen LogP contribution in [-0.4, -0.2) is 77.1 Å². The second-order valence-electron chi connectivity index (χ2n) is 11.2. The Morgan fingerprint density at radius 3 is 1.55 bits per heavy atom. The van der Waals surface area contributed by atoms with Crippen molar-refractivity contribution in [3.63, 3.8) is 0 Å². The lowest BCUT2D eigenvalue weighted by Gasteiger charge is -2.48. The Hall–Kier alpha value is -0.240. The molecule has 0 amide bonds. The maximum Gasteiger partial charge on any atom is 0.0760 e. The zero-order valence-corrected chi connectivity index (χ0v) is 18.8. The Labute approximate surface area is 186 Å². The fraction of sp³-hybridized carbons (Fsp3) is 1.00. The van der Waals surface area contributed by atoms with Crippen molar-refractivity contribution < 1.29 is 23.7 Å². The van der Waals surface area contributed by atoms with Gasteiger partial charge in [0.15, 0.2) is 0 Å². The molecule has 0 aromatic rings. The van der Waals surface area contributed by atoms with E-state index in [0.717, 1.165) is 99.7 Å². The number of ether oxygens (including phenoxy) is 5. The summed E-state index contributed by atoms with van der Waals surface area (Å²) < 4.78 is 30.5. The third-order valence-corrected chi connectivity index (χ3v) is 10.4. The monoisotopic (exact) mass is 433 g/mol. The summed E-state index contributed by atoms with van der Waals surface area (Å²) in [4.78, 5) is 0. The third kappa shape index (κ3) is 2.61. The van der Waals surface area contributed by atoms with Crippen molar-refractivity contribution in [3.8, 4) is 0 Å². The van der Waals surface area contributed by atoms with Crippen molar-refractivity contribution in [2.24, 2.45) is 47.3 Å². The van der Waals surface area contributed by atoms with Gasteiger partial charge in [-0.2, -0.15) is 0 Å². The molecule has 5 saturated carbocycles. The summed E-state index contributed by atoms with van der Waals surface area (Å²) in [6, 6.07) is 0. The van der Waals surface area contributed by atoms with Gasteiger partial charge in [0.25, 0.3) is 0 Å². The predicted octanol–water partition coefficient (Wildman–Crippen LogP) is 2.11. The highest BCUT2D eigenvalue weighted by Crippen LogP contribution is 2.94. The fourth-order valence-electron chi connectivity index (χ4n) is 10.2. The second-order valence-corrected chi connectivity index (χ2v) is 11.2. The van der Waals surface area contributed by atoms with E-state index in [2.05, 4.69) is 5.32 Å². The largest absolute Gasteiger partial charge is 0.379 e. The number of nitrogens with one attached hydrogen (secondary N) is 1. The Balaban J connectivity index is 1.02. The first-order valence-corrected chi connectivity index (χ1v) is 13.1. The molecular weight excluding hydrogens is 394 g/mol. The molecule has 10 atom stereocenters. The van der Waals surface area contributed by atoms with Crippen molar-refractivity contribution in [3.05, 3.63) is 0 Å². The molecule has 31 heavy (non-hydrogen) atoms. The van der Waals surface area contributed by atoms with Crippen LogP contribution >= 0.6 is 0 Å². The van der Waals surface area contributed by atoms with E-state index in [1.54, 1.807) is 0 Å². The smallest absolute Gasteiger partial charge is 0.0760 e. The molecule has 3 saturated heterocycles. The van der Waals surface area contributed by atoms with Crippen LogP contribution in [0.15, 0.2) is 0 Å². The second kappa shape index (κ2) is 7.64. The van der Waals surface area contributed by atoms with Gasteiger partial charge in [0.05, 0.1) is 50.8 Å². The Bertz CT molecular complexity index is 633. The van der Waals surface area contributed by atoms with Gasteiger partial charge in [-0.1, -0.05) is 0 Å². The van der Waals surface area contributed by atoms with Crippen molar-refractivity contribution in [1.82, 2.24) is 5.32 Å². The molecule has 3 aliphatic heterocycles. The van der Waals surface area contributed by atoms with E-state index < -0.39 is 0 Å². The fourth-order valence-corrected chi connectivity index (χ4v) is 10.2. The summed E-state index contributed by atoms with van der Waals surface area (Å²) in [6.45, 7) is 7.64. The lowest BCUT2D eigenvalue weighted by molar-refractivity contribution is -0.0858. The average Bonchev–Trinajstić information content (AvgIpc) is 3.42. The van der Waals surface area contributed by atoms with E-state index in [1.807, 2.05) is 0 Å². The molecule has 174 valence electrons. The minimum Gasteiger partial charge on any atom is -0.379 e. The minimum atomic E-state index is 0.212. The Morgan fingerprint density at radius 2 is 1.03 bits per heavy atom. The number of hydrogen-bond donors (Lipinski definition) is 1. The maximum atomic E-state index is 7.29. The van der Waals surface area contributed by atoms with Gasteiger partial charge in [-0.05, 0) is 79.4 Å². The highest BCUT2D eigenvalue weighted by Gasteiger charge is 2.96. The zero-order valence-electron chi connectivity index (χ0n) is 18.8.